The van der Waals surface area contributed by atoms with Crippen molar-refractivity contribution in [3.63, 3.8) is 0 Å². The van der Waals surface area contributed by atoms with Crippen LogP contribution in [0.15, 0.2) is 45.5 Å². The minimum Gasteiger partial charge on any atom is -0.493 e. The molecule has 8 nitrogen and oxygen atoms in total. The van der Waals surface area contributed by atoms with Gasteiger partial charge in [0.25, 0.3) is 5.91 Å². The van der Waals surface area contributed by atoms with Crippen LogP contribution in [0.4, 0.5) is 0 Å². The monoisotopic (exact) mass is 399 g/mol. The lowest BCUT2D eigenvalue weighted by molar-refractivity contribution is 0.0926. The Labute approximate surface area is 169 Å². The summed E-state index contributed by atoms with van der Waals surface area (Å²) in [5.74, 6) is 2.14. The third-order valence-electron chi connectivity index (χ3n) is 4.44. The van der Waals surface area contributed by atoms with Crippen LogP contribution in [0.2, 0.25) is 0 Å². The first-order valence-electron chi connectivity index (χ1n) is 9.32. The lowest BCUT2D eigenvalue weighted by Crippen LogP contribution is -2.31. The van der Waals surface area contributed by atoms with Crippen molar-refractivity contribution >= 4 is 5.91 Å². The molecule has 0 unspecified atom stereocenters. The number of carbonyl (C=O) groups excluding carboxylic acids is 1. The second-order valence-electron chi connectivity index (χ2n) is 6.49. The SMILES string of the molecule is COc1cc(CNCCNC(=O)c2ccco2)ccc1OCc1c(C)noc1C. The molecule has 1 amide bonds. The van der Waals surface area contributed by atoms with E-state index in [0.717, 1.165) is 22.6 Å². The minimum atomic E-state index is -0.224. The van der Waals surface area contributed by atoms with E-state index in [4.69, 9.17) is 18.4 Å². The van der Waals surface area contributed by atoms with Gasteiger partial charge in [0.05, 0.1) is 24.6 Å². The van der Waals surface area contributed by atoms with Crippen molar-refractivity contribution in [2.75, 3.05) is 20.2 Å². The zero-order valence-electron chi connectivity index (χ0n) is 16.8. The molecule has 0 bridgehead atoms. The fourth-order valence-corrected chi connectivity index (χ4v) is 2.79. The zero-order valence-corrected chi connectivity index (χ0v) is 16.8. The van der Waals surface area contributed by atoms with Gasteiger partial charge in [0, 0.05) is 19.6 Å². The number of aromatic nitrogens is 1. The maximum Gasteiger partial charge on any atom is 0.287 e. The molecule has 2 aromatic heterocycles. The molecule has 0 atom stereocenters. The third-order valence-corrected chi connectivity index (χ3v) is 4.44. The molecule has 2 heterocycles. The summed E-state index contributed by atoms with van der Waals surface area (Å²) in [6.45, 7) is 5.87. The third kappa shape index (κ3) is 5.39. The number of furan rings is 1. The molecule has 0 aliphatic rings. The molecule has 0 radical (unpaired) electrons. The Balaban J connectivity index is 1.46. The Kier molecular flexibility index (Phi) is 6.91. The van der Waals surface area contributed by atoms with Crippen molar-refractivity contribution in [3.05, 3.63) is 64.9 Å². The molecule has 2 N–H and O–H groups in total. The van der Waals surface area contributed by atoms with E-state index in [-0.39, 0.29) is 5.91 Å². The van der Waals surface area contributed by atoms with Crippen LogP contribution in [0.3, 0.4) is 0 Å². The average Bonchev–Trinajstić information content (AvgIpc) is 3.37. The van der Waals surface area contributed by atoms with Crippen molar-refractivity contribution in [2.24, 2.45) is 0 Å². The lowest BCUT2D eigenvalue weighted by Gasteiger charge is -2.13. The number of amides is 1. The smallest absolute Gasteiger partial charge is 0.287 e. The van der Waals surface area contributed by atoms with Gasteiger partial charge < -0.3 is 29.0 Å². The Morgan fingerprint density at radius 2 is 2.03 bits per heavy atom. The average molecular weight is 399 g/mol. The molecule has 29 heavy (non-hydrogen) atoms. The number of methoxy groups -OCH3 is 1. The summed E-state index contributed by atoms with van der Waals surface area (Å²) >= 11 is 0. The molecule has 0 saturated carbocycles. The summed E-state index contributed by atoms with van der Waals surface area (Å²) in [5, 5.41) is 10.0. The van der Waals surface area contributed by atoms with Crippen LogP contribution in [-0.2, 0) is 13.2 Å². The molecule has 0 fully saturated rings. The van der Waals surface area contributed by atoms with Crippen molar-refractivity contribution < 1.29 is 23.2 Å². The first-order chi connectivity index (χ1) is 14.1. The van der Waals surface area contributed by atoms with Crippen molar-refractivity contribution in [3.8, 4) is 11.5 Å². The van der Waals surface area contributed by atoms with E-state index in [1.165, 1.54) is 6.26 Å². The van der Waals surface area contributed by atoms with Gasteiger partial charge in [0.1, 0.15) is 12.4 Å². The molecule has 154 valence electrons. The van der Waals surface area contributed by atoms with Crippen LogP contribution in [0.25, 0.3) is 0 Å². The topological polar surface area (TPSA) is 98.8 Å². The summed E-state index contributed by atoms with van der Waals surface area (Å²) in [4.78, 5) is 11.8. The number of hydrogen-bond donors (Lipinski definition) is 2. The van der Waals surface area contributed by atoms with Gasteiger partial charge in [-0.1, -0.05) is 11.2 Å². The van der Waals surface area contributed by atoms with E-state index in [0.29, 0.717) is 43.5 Å². The van der Waals surface area contributed by atoms with Crippen molar-refractivity contribution in [1.82, 2.24) is 15.8 Å². The maximum atomic E-state index is 11.8. The molecule has 0 saturated heterocycles. The molecule has 0 spiro atoms. The normalized spacial score (nSPS) is 10.7. The first kappa shape index (κ1) is 20.5. The Morgan fingerprint density at radius 1 is 1.17 bits per heavy atom. The molecule has 0 aliphatic carbocycles. The Morgan fingerprint density at radius 3 is 2.72 bits per heavy atom. The molecular weight excluding hydrogens is 374 g/mol. The highest BCUT2D eigenvalue weighted by Crippen LogP contribution is 2.29. The number of ether oxygens (including phenoxy) is 2. The van der Waals surface area contributed by atoms with Crippen LogP contribution in [0.5, 0.6) is 11.5 Å². The van der Waals surface area contributed by atoms with E-state index in [1.54, 1.807) is 19.2 Å². The first-order valence-corrected chi connectivity index (χ1v) is 9.32. The molecule has 8 heteroatoms. The number of benzene rings is 1. The fraction of sp³-hybridized carbons (Fsp3) is 0.333. The number of nitrogens with zero attached hydrogens (tertiary/aromatic N) is 1. The van der Waals surface area contributed by atoms with Gasteiger partial charge in [-0.25, -0.2) is 0 Å². The van der Waals surface area contributed by atoms with Crippen molar-refractivity contribution in [2.45, 2.75) is 27.0 Å². The summed E-state index contributed by atoms with van der Waals surface area (Å²) < 4.78 is 21.6. The zero-order chi connectivity index (χ0) is 20.6. The number of rotatable bonds is 10. The molecular formula is C21H25N3O5. The van der Waals surface area contributed by atoms with E-state index in [1.807, 2.05) is 32.0 Å². The van der Waals surface area contributed by atoms with E-state index >= 15 is 0 Å². The van der Waals surface area contributed by atoms with Crippen LogP contribution < -0.4 is 20.1 Å². The van der Waals surface area contributed by atoms with Gasteiger partial charge in [-0.05, 0) is 43.7 Å². The maximum absolute atomic E-state index is 11.8. The predicted molar refractivity (Wildman–Crippen MR) is 106 cm³/mol. The highest BCUT2D eigenvalue weighted by atomic mass is 16.5. The van der Waals surface area contributed by atoms with Crippen molar-refractivity contribution in [1.29, 1.82) is 0 Å². The van der Waals surface area contributed by atoms with Crippen LogP contribution in [-0.4, -0.2) is 31.3 Å². The number of nitrogens with one attached hydrogen (secondary N) is 2. The Hall–Kier alpha value is -3.26. The minimum absolute atomic E-state index is 0.224. The summed E-state index contributed by atoms with van der Waals surface area (Å²) in [6.07, 6.45) is 1.47. The molecule has 1 aromatic carbocycles. The summed E-state index contributed by atoms with van der Waals surface area (Å²) in [5.41, 5.74) is 2.81. The quantitative estimate of drug-likeness (QED) is 0.506. The molecule has 0 aliphatic heterocycles. The van der Waals surface area contributed by atoms with Crippen LogP contribution >= 0.6 is 0 Å². The Bertz CT molecular complexity index is 914. The largest absolute Gasteiger partial charge is 0.493 e. The molecule has 3 aromatic rings. The number of aryl methyl sites for hydroxylation is 2. The lowest BCUT2D eigenvalue weighted by atomic mass is 10.2. The van der Waals surface area contributed by atoms with Gasteiger partial charge in [-0.3, -0.25) is 4.79 Å². The van der Waals surface area contributed by atoms with Gasteiger partial charge >= 0.3 is 0 Å². The second kappa shape index (κ2) is 9.79. The fourth-order valence-electron chi connectivity index (χ4n) is 2.79. The van der Waals surface area contributed by atoms with Gasteiger partial charge in [0.2, 0.25) is 0 Å². The van der Waals surface area contributed by atoms with Crippen LogP contribution in [0, 0.1) is 13.8 Å². The van der Waals surface area contributed by atoms with E-state index in [2.05, 4.69) is 15.8 Å². The number of carbonyl (C=O) groups is 1. The van der Waals surface area contributed by atoms with E-state index < -0.39 is 0 Å². The van der Waals surface area contributed by atoms with Gasteiger partial charge in [-0.2, -0.15) is 0 Å². The predicted octanol–water partition coefficient (Wildman–Crippen LogP) is 2.99. The van der Waals surface area contributed by atoms with Crippen LogP contribution in [0.1, 0.15) is 33.1 Å². The summed E-state index contributed by atoms with van der Waals surface area (Å²) in [7, 11) is 1.61. The highest BCUT2D eigenvalue weighted by molar-refractivity contribution is 5.91. The second-order valence-corrected chi connectivity index (χ2v) is 6.49. The standard InChI is InChI=1S/C21H25N3O5/c1-14-17(15(2)29-24-14)13-28-18-7-6-16(11-20(18)26-3)12-22-8-9-23-21(25)19-5-4-10-27-19/h4-7,10-11,22H,8-9,12-13H2,1-3H3,(H,23,25). The van der Waals surface area contributed by atoms with Gasteiger partial charge in [0.15, 0.2) is 17.3 Å². The molecule has 3 rings (SSSR count). The summed E-state index contributed by atoms with van der Waals surface area (Å²) in [6, 6.07) is 9.09. The van der Waals surface area contributed by atoms with E-state index in [9.17, 15) is 4.79 Å². The highest BCUT2D eigenvalue weighted by Gasteiger charge is 2.12. The van der Waals surface area contributed by atoms with Gasteiger partial charge in [-0.15, -0.1) is 0 Å². The number of hydrogen-bond acceptors (Lipinski definition) is 7.